The number of halogens is 4. The van der Waals surface area contributed by atoms with E-state index in [-0.39, 0.29) is 20.6 Å². The Hall–Kier alpha value is -1.61. The molecule has 0 saturated heterocycles. The highest BCUT2D eigenvalue weighted by Crippen LogP contribution is 2.29. The van der Waals surface area contributed by atoms with Gasteiger partial charge in [-0.15, -0.1) is 0 Å². The maximum atomic E-state index is 13.3. The average molecular weight is 578 g/mol. The molecule has 0 spiro atoms. The summed E-state index contributed by atoms with van der Waals surface area (Å²) in [5.74, 6) is 0.869. The van der Waals surface area contributed by atoms with Crippen molar-refractivity contribution in [1.82, 2.24) is 5.32 Å². The predicted molar refractivity (Wildman–Crippen MR) is 143 cm³/mol. The summed E-state index contributed by atoms with van der Waals surface area (Å²) in [4.78, 5) is 12.7. The Morgan fingerprint density at radius 3 is 2.21 bits per heavy atom. The fraction of sp³-hybridized carbons (Fsp3) is 0.174. The van der Waals surface area contributed by atoms with Crippen LogP contribution in [0.5, 0.6) is 0 Å². The number of hydrogen-bond acceptors (Lipinski definition) is 4. The van der Waals surface area contributed by atoms with Crippen LogP contribution in [0.15, 0.2) is 71.6 Å². The normalized spacial score (nSPS) is 11.3. The van der Waals surface area contributed by atoms with Crippen LogP contribution in [-0.4, -0.2) is 33.2 Å². The van der Waals surface area contributed by atoms with Gasteiger partial charge in [0.2, 0.25) is 5.91 Å². The van der Waals surface area contributed by atoms with Gasteiger partial charge in [0, 0.05) is 28.1 Å². The molecule has 0 atom stereocenters. The van der Waals surface area contributed by atoms with Crippen LogP contribution in [-0.2, 0) is 20.6 Å². The van der Waals surface area contributed by atoms with Gasteiger partial charge >= 0.3 is 0 Å². The molecule has 1 N–H and O–H groups in total. The van der Waals surface area contributed by atoms with Crippen LogP contribution in [0, 0.1) is 0 Å². The van der Waals surface area contributed by atoms with Gasteiger partial charge in [0.15, 0.2) is 0 Å². The predicted octanol–water partition coefficient (Wildman–Crippen LogP) is 6.55. The minimum atomic E-state index is -4.03. The molecule has 5 nitrogen and oxygen atoms in total. The first-order valence-electron chi connectivity index (χ1n) is 9.99. The Morgan fingerprint density at radius 1 is 0.882 bits per heavy atom. The molecular formula is C23H20Cl4N2O3S2. The quantitative estimate of drug-likeness (QED) is 0.278. The SMILES string of the molecule is O=C(CN(c1cc(Cl)cc(Cl)c1)S(=O)(=O)c1ccccc1)NCCSCc1ccc(Cl)c(Cl)c1. The lowest BCUT2D eigenvalue weighted by Crippen LogP contribution is -2.41. The van der Waals surface area contributed by atoms with Crippen molar-refractivity contribution in [2.45, 2.75) is 10.6 Å². The van der Waals surface area contributed by atoms with E-state index in [1.54, 1.807) is 42.1 Å². The van der Waals surface area contributed by atoms with Gasteiger partial charge in [0.25, 0.3) is 10.0 Å². The molecule has 3 rings (SSSR count). The van der Waals surface area contributed by atoms with E-state index >= 15 is 0 Å². The van der Waals surface area contributed by atoms with Gasteiger partial charge in [-0.05, 0) is 48.0 Å². The average Bonchev–Trinajstić information content (AvgIpc) is 2.79. The maximum Gasteiger partial charge on any atom is 0.264 e. The molecule has 0 radical (unpaired) electrons. The molecule has 0 fully saturated rings. The second-order valence-corrected chi connectivity index (χ2v) is 11.8. The lowest BCUT2D eigenvalue weighted by Gasteiger charge is -2.24. The first-order valence-corrected chi connectivity index (χ1v) is 14.1. The van der Waals surface area contributed by atoms with Crippen molar-refractivity contribution in [3.05, 3.63) is 92.4 Å². The van der Waals surface area contributed by atoms with E-state index in [4.69, 9.17) is 46.4 Å². The Bertz CT molecular complexity index is 1240. The van der Waals surface area contributed by atoms with Crippen LogP contribution in [0.1, 0.15) is 5.56 Å². The highest BCUT2D eigenvalue weighted by molar-refractivity contribution is 7.98. The van der Waals surface area contributed by atoms with E-state index in [9.17, 15) is 13.2 Å². The van der Waals surface area contributed by atoms with Crippen molar-refractivity contribution in [1.29, 1.82) is 0 Å². The maximum absolute atomic E-state index is 13.3. The Labute approximate surface area is 223 Å². The van der Waals surface area contributed by atoms with Gasteiger partial charge in [-0.2, -0.15) is 11.8 Å². The van der Waals surface area contributed by atoms with E-state index in [1.165, 1.54) is 30.3 Å². The fourth-order valence-electron chi connectivity index (χ4n) is 2.99. The third kappa shape index (κ3) is 7.44. The monoisotopic (exact) mass is 576 g/mol. The molecule has 0 aliphatic heterocycles. The Balaban J connectivity index is 1.65. The zero-order chi connectivity index (χ0) is 24.7. The molecule has 11 heteroatoms. The van der Waals surface area contributed by atoms with Crippen molar-refractivity contribution >= 4 is 79.8 Å². The first-order chi connectivity index (χ1) is 16.2. The fourth-order valence-corrected chi connectivity index (χ4v) is 6.05. The summed E-state index contributed by atoms with van der Waals surface area (Å²) in [7, 11) is -4.03. The summed E-state index contributed by atoms with van der Waals surface area (Å²) in [5, 5.41) is 4.27. The summed E-state index contributed by atoms with van der Waals surface area (Å²) < 4.78 is 27.6. The van der Waals surface area contributed by atoms with Crippen molar-refractivity contribution in [3.8, 4) is 0 Å². The molecule has 0 aliphatic rings. The number of nitrogens with one attached hydrogen (secondary N) is 1. The molecular weight excluding hydrogens is 558 g/mol. The van der Waals surface area contributed by atoms with Gasteiger partial charge in [-0.3, -0.25) is 9.10 Å². The summed E-state index contributed by atoms with van der Waals surface area (Å²) >= 11 is 25.7. The number of nitrogens with zero attached hydrogens (tertiary/aromatic N) is 1. The third-order valence-corrected chi connectivity index (χ3v) is 8.57. The van der Waals surface area contributed by atoms with Gasteiger partial charge < -0.3 is 5.32 Å². The van der Waals surface area contributed by atoms with Crippen LogP contribution in [0.3, 0.4) is 0 Å². The number of carbonyl (C=O) groups excluding carboxylic acids is 1. The zero-order valence-electron chi connectivity index (χ0n) is 17.7. The van der Waals surface area contributed by atoms with Crippen LogP contribution >= 0.6 is 58.2 Å². The minimum Gasteiger partial charge on any atom is -0.354 e. The standard InChI is InChI=1S/C23H20Cl4N2O3S2/c24-17-11-18(25)13-19(12-17)29(34(31,32)20-4-2-1-3-5-20)14-23(30)28-8-9-33-15-16-6-7-21(26)22(27)10-16/h1-7,10-13H,8-9,14-15H2,(H,28,30). The number of rotatable bonds is 10. The smallest absolute Gasteiger partial charge is 0.264 e. The van der Waals surface area contributed by atoms with Gasteiger partial charge in [-0.1, -0.05) is 70.7 Å². The molecule has 0 unspecified atom stereocenters. The second kappa shape index (κ2) is 12.4. The summed E-state index contributed by atoms with van der Waals surface area (Å²) in [6.07, 6.45) is 0. The molecule has 0 bridgehead atoms. The molecule has 34 heavy (non-hydrogen) atoms. The van der Waals surface area contributed by atoms with Gasteiger partial charge in [0.1, 0.15) is 6.54 Å². The van der Waals surface area contributed by atoms with Crippen LogP contribution in [0.25, 0.3) is 0 Å². The van der Waals surface area contributed by atoms with Crippen molar-refractivity contribution < 1.29 is 13.2 Å². The van der Waals surface area contributed by atoms with Crippen LogP contribution < -0.4 is 9.62 Å². The highest BCUT2D eigenvalue weighted by atomic mass is 35.5. The largest absolute Gasteiger partial charge is 0.354 e. The first kappa shape index (κ1) is 27.0. The second-order valence-electron chi connectivity index (χ2n) is 7.10. The van der Waals surface area contributed by atoms with E-state index in [1.807, 2.05) is 6.07 Å². The van der Waals surface area contributed by atoms with Gasteiger partial charge in [0.05, 0.1) is 20.6 Å². The van der Waals surface area contributed by atoms with E-state index in [0.717, 1.165) is 9.87 Å². The molecule has 180 valence electrons. The molecule has 1 amide bonds. The highest BCUT2D eigenvalue weighted by Gasteiger charge is 2.27. The van der Waals surface area contributed by atoms with E-state index < -0.39 is 22.5 Å². The molecule has 3 aromatic carbocycles. The molecule has 0 aromatic heterocycles. The van der Waals surface area contributed by atoms with E-state index in [2.05, 4.69) is 5.32 Å². The number of carbonyl (C=O) groups is 1. The summed E-state index contributed by atoms with van der Waals surface area (Å²) in [5.41, 5.74) is 1.22. The minimum absolute atomic E-state index is 0.0519. The van der Waals surface area contributed by atoms with Crippen LogP contribution in [0.2, 0.25) is 20.1 Å². The van der Waals surface area contributed by atoms with Crippen molar-refractivity contribution in [2.75, 3.05) is 23.1 Å². The molecule has 0 aliphatic carbocycles. The lowest BCUT2D eigenvalue weighted by molar-refractivity contribution is -0.119. The molecule has 3 aromatic rings. The summed E-state index contributed by atoms with van der Waals surface area (Å²) in [6, 6.07) is 17.7. The number of anilines is 1. The number of amides is 1. The number of hydrogen-bond donors (Lipinski definition) is 1. The van der Waals surface area contributed by atoms with Crippen LogP contribution in [0.4, 0.5) is 5.69 Å². The molecule has 0 heterocycles. The number of sulfonamides is 1. The summed E-state index contributed by atoms with van der Waals surface area (Å²) in [6.45, 7) is -0.0638. The Kier molecular flexibility index (Phi) is 9.83. The topological polar surface area (TPSA) is 66.5 Å². The van der Waals surface area contributed by atoms with Gasteiger partial charge in [-0.25, -0.2) is 8.42 Å². The van der Waals surface area contributed by atoms with E-state index in [0.29, 0.717) is 28.1 Å². The van der Waals surface area contributed by atoms with Crippen molar-refractivity contribution in [3.63, 3.8) is 0 Å². The molecule has 0 saturated carbocycles. The number of benzene rings is 3. The van der Waals surface area contributed by atoms with Crippen molar-refractivity contribution in [2.24, 2.45) is 0 Å². The Morgan fingerprint density at radius 2 is 1.56 bits per heavy atom. The zero-order valence-corrected chi connectivity index (χ0v) is 22.3. The number of thioether (sulfide) groups is 1. The lowest BCUT2D eigenvalue weighted by atomic mass is 10.2. The third-order valence-electron chi connectivity index (χ3n) is 4.58.